The first kappa shape index (κ1) is 38.5. The Hall–Kier alpha value is -3.74. The molecule has 0 saturated heterocycles. The number of benzene rings is 2. The van der Waals surface area contributed by atoms with E-state index in [2.05, 4.69) is 40.7 Å². The lowest BCUT2D eigenvalue weighted by molar-refractivity contribution is -0.154. The van der Waals surface area contributed by atoms with Gasteiger partial charge in [-0.25, -0.2) is 4.79 Å². The Morgan fingerprint density at radius 2 is 1.76 bits per heavy atom. The van der Waals surface area contributed by atoms with Gasteiger partial charge in [-0.15, -0.1) is 0 Å². The van der Waals surface area contributed by atoms with Crippen LogP contribution in [-0.4, -0.2) is 25.8 Å². The van der Waals surface area contributed by atoms with Crippen LogP contribution in [0, 0.1) is 53.3 Å². The van der Waals surface area contributed by atoms with Gasteiger partial charge in [-0.3, -0.25) is 4.79 Å². The molecule has 7 nitrogen and oxygen atoms in total. The Morgan fingerprint density at radius 1 is 0.944 bits per heavy atom. The second-order valence-electron chi connectivity index (χ2n) is 18.2. The maximum atomic E-state index is 13.3. The summed E-state index contributed by atoms with van der Waals surface area (Å²) < 4.78 is 29.0. The highest BCUT2D eigenvalue weighted by Gasteiger charge is 2.56. The molecule has 4 aliphatic carbocycles. The van der Waals surface area contributed by atoms with Crippen LogP contribution in [0.3, 0.4) is 0 Å². The van der Waals surface area contributed by atoms with Crippen molar-refractivity contribution >= 4 is 16.9 Å². The van der Waals surface area contributed by atoms with Crippen LogP contribution < -0.4 is 19.6 Å². The van der Waals surface area contributed by atoms with Gasteiger partial charge in [0.05, 0.1) is 12.5 Å². The van der Waals surface area contributed by atoms with E-state index in [-0.39, 0.29) is 35.3 Å². The van der Waals surface area contributed by atoms with Crippen molar-refractivity contribution in [1.29, 1.82) is 0 Å². The van der Waals surface area contributed by atoms with E-state index in [4.69, 9.17) is 23.4 Å². The number of aryl methyl sites for hydroxylation is 1. The van der Waals surface area contributed by atoms with Gasteiger partial charge in [0, 0.05) is 18.6 Å². The largest absolute Gasteiger partial charge is 0.497 e. The highest BCUT2D eigenvalue weighted by Crippen LogP contribution is 2.65. The molecule has 3 aromatic rings. The number of esters is 1. The molecule has 3 fully saturated rings. The molecule has 0 radical (unpaired) electrons. The van der Waals surface area contributed by atoms with Gasteiger partial charge in [-0.2, -0.15) is 0 Å². The molecule has 7 rings (SSSR count). The third kappa shape index (κ3) is 7.84. The van der Waals surface area contributed by atoms with Gasteiger partial charge >= 0.3 is 5.97 Å². The fourth-order valence-corrected chi connectivity index (χ4v) is 11.2. The van der Waals surface area contributed by atoms with Crippen molar-refractivity contribution in [3.63, 3.8) is 0 Å². The van der Waals surface area contributed by atoms with E-state index in [0.717, 1.165) is 54.8 Å². The lowest BCUT2D eigenvalue weighted by Crippen LogP contribution is -2.52. The summed E-state index contributed by atoms with van der Waals surface area (Å²) in [5.74, 6) is 6.50. The number of rotatable bonds is 12. The molecule has 3 saturated carbocycles. The fraction of sp³-hybridized carbons (Fsp3) is 0.617. The SMILES string of the molecule is COc1cccc(Oc2c(C)oc3cc(OCC(=O)O[C@@H]4CC[C@]5(C)C(=CC[C@H]6[C@H]7CC[C@@H]([C@@H](C)CCCC(C)C)C[C@]7(C)CC[C@@H]65)C4)ccc3c2=O)c1. The van der Waals surface area contributed by atoms with E-state index in [9.17, 15) is 9.59 Å². The van der Waals surface area contributed by atoms with Crippen LogP contribution in [0.5, 0.6) is 23.0 Å². The smallest absolute Gasteiger partial charge is 0.344 e. The van der Waals surface area contributed by atoms with E-state index in [1.54, 1.807) is 56.5 Å². The van der Waals surface area contributed by atoms with E-state index < -0.39 is 0 Å². The normalized spacial score (nSPS) is 29.7. The topological polar surface area (TPSA) is 84.2 Å². The molecule has 292 valence electrons. The van der Waals surface area contributed by atoms with Crippen LogP contribution in [-0.2, 0) is 9.53 Å². The summed E-state index contributed by atoms with van der Waals surface area (Å²) in [5, 5.41) is 0.360. The summed E-state index contributed by atoms with van der Waals surface area (Å²) in [6, 6.07) is 12.0. The third-order valence-electron chi connectivity index (χ3n) is 14.3. The van der Waals surface area contributed by atoms with Gasteiger partial charge in [-0.05, 0) is 129 Å². The Morgan fingerprint density at radius 3 is 2.56 bits per heavy atom. The number of fused-ring (bicyclic) bond motifs is 6. The minimum absolute atomic E-state index is 0.113. The number of allylic oxidation sites excluding steroid dienone is 1. The van der Waals surface area contributed by atoms with Crippen molar-refractivity contribution in [2.45, 2.75) is 125 Å². The molecule has 8 atom stereocenters. The minimum Gasteiger partial charge on any atom is -0.497 e. The first-order chi connectivity index (χ1) is 25.9. The minimum atomic E-state index is -0.374. The van der Waals surface area contributed by atoms with Crippen LogP contribution >= 0.6 is 0 Å². The molecule has 1 heterocycles. The van der Waals surface area contributed by atoms with E-state index in [1.807, 2.05) is 0 Å². The Balaban J connectivity index is 0.933. The van der Waals surface area contributed by atoms with Gasteiger partial charge in [0.2, 0.25) is 11.2 Å². The first-order valence-electron chi connectivity index (χ1n) is 20.8. The lowest BCUT2D eigenvalue weighted by Gasteiger charge is -2.61. The number of ether oxygens (including phenoxy) is 4. The number of methoxy groups -OCH3 is 1. The van der Waals surface area contributed by atoms with Crippen LogP contribution in [0.25, 0.3) is 11.0 Å². The highest BCUT2D eigenvalue weighted by molar-refractivity contribution is 5.80. The lowest BCUT2D eigenvalue weighted by atomic mass is 9.44. The summed E-state index contributed by atoms with van der Waals surface area (Å²) in [6.45, 7) is 13.9. The maximum Gasteiger partial charge on any atom is 0.344 e. The summed E-state index contributed by atoms with van der Waals surface area (Å²) in [7, 11) is 1.58. The van der Waals surface area contributed by atoms with Crippen LogP contribution in [0.2, 0.25) is 0 Å². The number of hydrogen-bond donors (Lipinski definition) is 0. The second-order valence-corrected chi connectivity index (χ2v) is 18.2. The molecule has 0 bridgehead atoms. The van der Waals surface area contributed by atoms with Crippen molar-refractivity contribution in [2.24, 2.45) is 46.3 Å². The molecule has 0 aliphatic heterocycles. The second kappa shape index (κ2) is 15.8. The van der Waals surface area contributed by atoms with Crippen molar-refractivity contribution in [1.82, 2.24) is 0 Å². The van der Waals surface area contributed by atoms with E-state index in [0.29, 0.717) is 39.4 Å². The summed E-state index contributed by atoms with van der Waals surface area (Å²) in [4.78, 5) is 26.4. The van der Waals surface area contributed by atoms with Crippen LogP contribution in [0.15, 0.2) is 63.3 Å². The third-order valence-corrected chi connectivity index (χ3v) is 14.3. The summed E-state index contributed by atoms with van der Waals surface area (Å²) in [6.07, 6.45) is 17.5. The summed E-state index contributed by atoms with van der Waals surface area (Å²) >= 11 is 0. The van der Waals surface area contributed by atoms with Crippen molar-refractivity contribution in [3.8, 4) is 23.0 Å². The number of hydrogen-bond acceptors (Lipinski definition) is 7. The molecule has 4 aliphatic rings. The molecule has 0 N–H and O–H groups in total. The Bertz CT molecular complexity index is 1910. The number of carbonyl (C=O) groups excluding carboxylic acids is 1. The predicted molar refractivity (Wildman–Crippen MR) is 213 cm³/mol. The zero-order chi connectivity index (χ0) is 38.2. The molecule has 0 spiro atoms. The Kier molecular flexibility index (Phi) is 11.3. The zero-order valence-corrected chi connectivity index (χ0v) is 33.7. The van der Waals surface area contributed by atoms with Crippen molar-refractivity contribution < 1.29 is 28.2 Å². The van der Waals surface area contributed by atoms with Crippen molar-refractivity contribution in [2.75, 3.05) is 13.7 Å². The Labute approximate surface area is 322 Å². The molecule has 7 heteroatoms. The van der Waals surface area contributed by atoms with Crippen LogP contribution in [0.4, 0.5) is 0 Å². The average molecular weight is 739 g/mol. The summed E-state index contributed by atoms with van der Waals surface area (Å²) in [5.41, 5.74) is 2.27. The molecule has 0 unspecified atom stereocenters. The van der Waals surface area contributed by atoms with Gasteiger partial charge in [0.15, 0.2) is 6.61 Å². The van der Waals surface area contributed by atoms with Gasteiger partial charge < -0.3 is 23.4 Å². The van der Waals surface area contributed by atoms with Gasteiger partial charge in [0.1, 0.15) is 34.7 Å². The molecular formula is C47H62O7. The standard InChI is InChI=1S/C47H62O7/c1-29(2)10-8-11-30(3)32-14-19-40-38-17-15-33-24-37(20-23-47(33,6)41(38)21-22-46(40,5)27-32)53-43(48)28-51-35-16-18-39-42(26-35)52-31(4)45(44(39)49)54-36-13-9-12-34(25-36)50-7/h9,12-13,15-16,18,25-26,29-30,32,37-38,40-41H,8,10-11,14,17,19-24,27-28H2,1-7H3/t30-,32+,37+,38-,40+,41-,46-,47+/m0/s1. The molecular weight excluding hydrogens is 677 g/mol. The number of carbonyl (C=O) groups is 1. The molecule has 54 heavy (non-hydrogen) atoms. The monoisotopic (exact) mass is 738 g/mol. The molecule has 2 aromatic carbocycles. The van der Waals surface area contributed by atoms with Crippen LogP contribution in [0.1, 0.15) is 117 Å². The fourth-order valence-electron chi connectivity index (χ4n) is 11.2. The predicted octanol–water partition coefficient (Wildman–Crippen LogP) is 11.6. The average Bonchev–Trinajstić information content (AvgIpc) is 3.15. The quantitative estimate of drug-likeness (QED) is 0.135. The van der Waals surface area contributed by atoms with E-state index in [1.165, 1.54) is 63.4 Å². The maximum absolute atomic E-state index is 13.3. The van der Waals surface area contributed by atoms with Crippen molar-refractivity contribution in [3.05, 3.63) is 70.1 Å². The first-order valence-corrected chi connectivity index (χ1v) is 20.8. The van der Waals surface area contributed by atoms with E-state index >= 15 is 0 Å². The van der Waals surface area contributed by atoms with Gasteiger partial charge in [-0.1, -0.05) is 71.6 Å². The van der Waals surface area contributed by atoms with Gasteiger partial charge in [0.25, 0.3) is 0 Å². The highest BCUT2D eigenvalue weighted by atomic mass is 16.6. The molecule has 1 aromatic heterocycles. The molecule has 0 amide bonds. The zero-order valence-electron chi connectivity index (χ0n) is 33.7.